The van der Waals surface area contributed by atoms with Gasteiger partial charge in [0.15, 0.2) is 0 Å². The molecule has 0 aliphatic carbocycles. The van der Waals surface area contributed by atoms with E-state index in [0.29, 0.717) is 0 Å². The van der Waals surface area contributed by atoms with Gasteiger partial charge in [-0.2, -0.15) is 0 Å². The zero-order valence-electron chi connectivity index (χ0n) is 2.10. The molecule has 0 rings (SSSR count). The maximum atomic E-state index is 9.22. The van der Waals surface area contributed by atoms with Crippen LogP contribution < -0.4 is 5.14 Å². The molecule has 5 heavy (non-hydrogen) atoms. The number of hydrogen-bond acceptors (Lipinski definition) is 2. The molecule has 2 N–H and O–H groups in total. The van der Waals surface area contributed by atoms with Gasteiger partial charge >= 0.3 is 36.9 Å². The molecule has 0 aromatic rings. The summed E-state index contributed by atoms with van der Waals surface area (Å²) in [5.74, 6) is 0. The van der Waals surface area contributed by atoms with Crippen LogP contribution in [0.4, 0.5) is 0 Å². The molecule has 0 atom stereocenters. The van der Waals surface area contributed by atoms with E-state index in [-0.39, 0.29) is 0 Å². The SMILES string of the molecule is N[S](=O)(=O)[Cu]. The average Bonchev–Trinajstić information content (AvgIpc) is 0.722. The Bertz CT molecular complexity index is 92.8. The zero-order chi connectivity index (χ0) is 4.50. The van der Waals surface area contributed by atoms with E-state index in [1.54, 1.807) is 0 Å². The van der Waals surface area contributed by atoms with E-state index in [9.17, 15) is 8.42 Å². The molecule has 0 amide bonds. The Kier molecular flexibility index (Phi) is 1.37. The van der Waals surface area contributed by atoms with Gasteiger partial charge in [0.05, 0.1) is 0 Å². The van der Waals surface area contributed by atoms with E-state index in [4.69, 9.17) is 0 Å². The van der Waals surface area contributed by atoms with Crippen molar-refractivity contribution in [3.8, 4) is 0 Å². The number of hydrogen-bond donors (Lipinski definition) is 1. The zero-order valence-corrected chi connectivity index (χ0v) is 3.86. The van der Waals surface area contributed by atoms with Crippen LogP contribution in [0.1, 0.15) is 0 Å². The number of rotatable bonds is 0. The van der Waals surface area contributed by atoms with Gasteiger partial charge in [-0.1, -0.05) is 0 Å². The van der Waals surface area contributed by atoms with Crippen LogP contribution in [0, 0.1) is 0 Å². The van der Waals surface area contributed by atoms with E-state index in [1.807, 2.05) is 0 Å². The summed E-state index contributed by atoms with van der Waals surface area (Å²) in [6.07, 6.45) is 0. The van der Waals surface area contributed by atoms with E-state index < -0.39 is 8.44 Å². The minimum absolute atomic E-state index is 3.60. The molecule has 0 bridgehead atoms. The van der Waals surface area contributed by atoms with Crippen molar-refractivity contribution in [2.24, 2.45) is 5.14 Å². The fraction of sp³-hybridized carbons (Fsp3) is 0. The third kappa shape index (κ3) is 142. The molecule has 0 unspecified atom stereocenters. The van der Waals surface area contributed by atoms with Crippen molar-refractivity contribution < 1.29 is 23.3 Å². The molecule has 5 heteroatoms. The first kappa shape index (κ1) is 5.43. The fourth-order valence-corrected chi connectivity index (χ4v) is 0. The summed E-state index contributed by atoms with van der Waals surface area (Å²) >= 11 is 3.71. The molecular formula is H2CuNO2S. The van der Waals surface area contributed by atoms with Crippen LogP contribution in [0.3, 0.4) is 0 Å². The molecular weight excluding hydrogens is 142 g/mol. The van der Waals surface area contributed by atoms with Crippen molar-refractivity contribution in [2.45, 2.75) is 0 Å². The Morgan fingerprint density at radius 2 is 1.60 bits per heavy atom. The van der Waals surface area contributed by atoms with Crippen LogP contribution >= 0.6 is 0 Å². The van der Waals surface area contributed by atoms with Crippen molar-refractivity contribution in [3.63, 3.8) is 0 Å². The van der Waals surface area contributed by atoms with Crippen LogP contribution in [-0.2, 0) is 23.3 Å². The van der Waals surface area contributed by atoms with Crippen LogP contribution in [0.15, 0.2) is 0 Å². The topological polar surface area (TPSA) is 60.2 Å². The van der Waals surface area contributed by atoms with Gasteiger partial charge in [-0.25, -0.2) is 0 Å². The van der Waals surface area contributed by atoms with Gasteiger partial charge in [-0.15, -0.1) is 0 Å². The molecule has 0 spiro atoms. The van der Waals surface area contributed by atoms with Crippen LogP contribution in [0.2, 0.25) is 0 Å². The summed E-state index contributed by atoms with van der Waals surface area (Å²) in [5.41, 5.74) is 0. The van der Waals surface area contributed by atoms with E-state index >= 15 is 0 Å². The van der Waals surface area contributed by atoms with Gasteiger partial charge in [-0.3, -0.25) is 0 Å². The maximum absolute atomic E-state index is 9.22. The van der Waals surface area contributed by atoms with Gasteiger partial charge in [0.25, 0.3) is 0 Å². The summed E-state index contributed by atoms with van der Waals surface area (Å²) in [6.45, 7) is 0. The Morgan fingerprint density at radius 1 is 1.60 bits per heavy atom. The van der Waals surface area contributed by atoms with E-state index in [0.717, 1.165) is 0 Å². The second kappa shape index (κ2) is 1.26. The average molecular weight is 144 g/mol. The van der Waals surface area contributed by atoms with E-state index in [1.165, 1.54) is 0 Å². The molecule has 0 saturated heterocycles. The Labute approximate surface area is 37.5 Å². The molecule has 0 aromatic heterocycles. The quantitative estimate of drug-likeness (QED) is 0.431. The van der Waals surface area contributed by atoms with Crippen molar-refractivity contribution >= 4 is 8.44 Å². The molecule has 36 valence electrons. The van der Waals surface area contributed by atoms with Gasteiger partial charge in [-0.05, 0) is 0 Å². The van der Waals surface area contributed by atoms with Crippen molar-refractivity contribution in [1.82, 2.24) is 0 Å². The molecule has 0 heterocycles. The molecule has 0 aromatic carbocycles. The van der Waals surface area contributed by atoms with Gasteiger partial charge in [0.2, 0.25) is 0 Å². The first-order valence-corrected chi connectivity index (χ1v) is 3.23. The molecule has 0 saturated carbocycles. The Morgan fingerprint density at radius 3 is 1.60 bits per heavy atom. The minimum atomic E-state index is -3.60. The van der Waals surface area contributed by atoms with Gasteiger partial charge in [0, 0.05) is 0 Å². The predicted molar refractivity (Wildman–Crippen MR) is 13.1 cm³/mol. The summed E-state index contributed by atoms with van der Waals surface area (Å²) in [5, 5.41) is 4.13. The molecule has 0 aliphatic heterocycles. The monoisotopic (exact) mass is 143 g/mol. The normalized spacial score (nSPS) is 11.8. The number of nitrogens with two attached hydrogens (primary N) is 1. The molecule has 0 aliphatic rings. The Hall–Kier alpha value is 0.429. The van der Waals surface area contributed by atoms with Crippen LogP contribution in [-0.4, -0.2) is 8.42 Å². The summed E-state index contributed by atoms with van der Waals surface area (Å²) in [7, 11) is -3.60. The summed E-state index contributed by atoms with van der Waals surface area (Å²) < 4.78 is 18.4. The van der Waals surface area contributed by atoms with Crippen molar-refractivity contribution in [2.75, 3.05) is 0 Å². The van der Waals surface area contributed by atoms with E-state index in [2.05, 4.69) is 20.0 Å². The second-order valence-corrected chi connectivity index (χ2v) is 2.90. The Balaban J connectivity index is 4.06. The van der Waals surface area contributed by atoms with Crippen molar-refractivity contribution in [1.29, 1.82) is 0 Å². The predicted octanol–water partition coefficient (Wildman–Crippen LogP) is -1.26. The first-order valence-electron chi connectivity index (χ1n) is 0.692. The summed E-state index contributed by atoms with van der Waals surface area (Å²) in [6, 6.07) is 0. The first-order chi connectivity index (χ1) is 2.00. The van der Waals surface area contributed by atoms with Crippen LogP contribution in [0.5, 0.6) is 0 Å². The molecule has 0 radical (unpaired) electrons. The standard InChI is InChI=1S/Cu.H2NO2S/c;1-4(2)3/h;(H2,1,2,3). The van der Waals surface area contributed by atoms with Crippen molar-refractivity contribution in [3.05, 3.63) is 0 Å². The molecule has 3 nitrogen and oxygen atoms in total. The molecule has 0 fully saturated rings. The third-order valence-corrected chi connectivity index (χ3v) is 0. The summed E-state index contributed by atoms with van der Waals surface area (Å²) in [4.78, 5) is 0. The third-order valence-electron chi connectivity index (χ3n) is 0. The fourth-order valence-electron chi connectivity index (χ4n) is 0. The van der Waals surface area contributed by atoms with Gasteiger partial charge in [0.1, 0.15) is 0 Å². The van der Waals surface area contributed by atoms with Crippen LogP contribution in [0.25, 0.3) is 0 Å². The second-order valence-electron chi connectivity index (χ2n) is 0.432. The van der Waals surface area contributed by atoms with Gasteiger partial charge < -0.3 is 0 Å².